The molecule has 0 aromatic heterocycles. The third kappa shape index (κ3) is 4.32. The molecule has 0 aliphatic carbocycles. The van der Waals surface area contributed by atoms with E-state index in [2.05, 4.69) is 65.8 Å². The number of hydrogen-bond acceptors (Lipinski definition) is 1. The number of aryl methyl sites for hydroxylation is 6. The minimum atomic E-state index is -2.50. The van der Waals surface area contributed by atoms with E-state index in [1.54, 1.807) is 0 Å². The minimum absolute atomic E-state index is 0.101. The van der Waals surface area contributed by atoms with E-state index in [1.807, 2.05) is 30.3 Å². The summed E-state index contributed by atoms with van der Waals surface area (Å²) < 4.78 is 7.52. The molecule has 0 fully saturated rings. The van der Waals surface area contributed by atoms with Crippen molar-refractivity contribution in [3.8, 4) is 0 Å². The van der Waals surface area contributed by atoms with E-state index in [0.29, 0.717) is 5.56 Å². The number of benzene rings is 3. The van der Waals surface area contributed by atoms with E-state index in [-0.39, 0.29) is 5.91 Å². The zero-order valence-corrected chi connectivity index (χ0v) is 19.8. The molecule has 3 rings (SSSR count). The number of carbonyl (C=O) groups is 1. The van der Waals surface area contributed by atoms with E-state index < -0.39 is 19.4 Å². The Balaban J connectivity index is 2.30. The molecule has 0 atom stereocenters. The SMILES string of the molecule is Cc1cc(C)c([Te](=NC(=O)c2ccccc2)c2c(C)cc(C)cc2C)c(C)c1. The molecule has 1 amide bonds. The zero-order valence-electron chi connectivity index (χ0n) is 17.5. The van der Waals surface area contributed by atoms with Crippen LogP contribution < -0.4 is 7.22 Å². The van der Waals surface area contributed by atoms with E-state index in [9.17, 15) is 4.79 Å². The average molecular weight is 485 g/mol. The summed E-state index contributed by atoms with van der Waals surface area (Å²) in [6, 6.07) is 18.3. The predicted octanol–water partition coefficient (Wildman–Crippen LogP) is 4.75. The number of nitrogens with zero attached hydrogens (tertiary/aromatic N) is 1. The van der Waals surface area contributed by atoms with Gasteiger partial charge in [0.2, 0.25) is 0 Å². The van der Waals surface area contributed by atoms with Crippen LogP contribution in [0.3, 0.4) is 0 Å². The van der Waals surface area contributed by atoms with Crippen LogP contribution >= 0.6 is 0 Å². The topological polar surface area (TPSA) is 29.4 Å². The van der Waals surface area contributed by atoms with Gasteiger partial charge in [0.05, 0.1) is 0 Å². The maximum atomic E-state index is 13.1. The molecule has 3 aromatic carbocycles. The van der Waals surface area contributed by atoms with Crippen LogP contribution in [0.5, 0.6) is 0 Å². The first-order valence-corrected chi connectivity index (χ1v) is 12.9. The van der Waals surface area contributed by atoms with Gasteiger partial charge in [-0.3, -0.25) is 0 Å². The van der Waals surface area contributed by atoms with Gasteiger partial charge in [0.25, 0.3) is 0 Å². The molecule has 0 spiro atoms. The summed E-state index contributed by atoms with van der Waals surface area (Å²) in [7, 11) is 0. The second-order valence-corrected chi connectivity index (χ2v) is 12.0. The van der Waals surface area contributed by atoms with Crippen molar-refractivity contribution in [2.24, 2.45) is 3.18 Å². The van der Waals surface area contributed by atoms with Gasteiger partial charge in [-0.2, -0.15) is 0 Å². The summed E-state index contributed by atoms with van der Waals surface area (Å²) in [6.07, 6.45) is 0. The van der Waals surface area contributed by atoms with Gasteiger partial charge in [-0.1, -0.05) is 0 Å². The van der Waals surface area contributed by atoms with Crippen molar-refractivity contribution in [2.45, 2.75) is 41.5 Å². The van der Waals surface area contributed by atoms with Gasteiger partial charge in [0, 0.05) is 0 Å². The van der Waals surface area contributed by atoms with Crippen LogP contribution in [0.2, 0.25) is 0 Å². The molecule has 0 bridgehead atoms. The standard InChI is InChI=1S/C25H27NOTe/c1-16-12-18(3)23(19(4)13-16)28(24-20(5)14-17(2)15-21(24)6)26-25(27)22-10-8-7-9-11-22/h7-15H,1-6H3. The fourth-order valence-corrected chi connectivity index (χ4v) is 9.89. The first kappa shape index (κ1) is 20.6. The fraction of sp³-hybridized carbons (Fsp3) is 0.240. The quantitative estimate of drug-likeness (QED) is 0.493. The van der Waals surface area contributed by atoms with Crippen LogP contribution in [-0.2, 0) is 0 Å². The van der Waals surface area contributed by atoms with Crippen LogP contribution in [0, 0.1) is 41.5 Å². The van der Waals surface area contributed by atoms with E-state index in [0.717, 1.165) is 0 Å². The van der Waals surface area contributed by atoms with Crippen LogP contribution in [0.4, 0.5) is 0 Å². The van der Waals surface area contributed by atoms with E-state index >= 15 is 0 Å². The molecule has 28 heavy (non-hydrogen) atoms. The summed E-state index contributed by atoms with van der Waals surface area (Å²) in [5.41, 5.74) is 8.16. The molecule has 0 heterocycles. The van der Waals surface area contributed by atoms with Gasteiger partial charge in [-0.25, -0.2) is 0 Å². The molecule has 0 aliphatic rings. The zero-order chi connectivity index (χ0) is 20.4. The normalized spacial score (nSPS) is 11.0. The van der Waals surface area contributed by atoms with Crippen molar-refractivity contribution in [3.05, 3.63) is 93.5 Å². The predicted molar refractivity (Wildman–Crippen MR) is 120 cm³/mol. The number of rotatable bonds is 3. The third-order valence-electron chi connectivity index (χ3n) is 4.79. The Morgan fingerprint density at radius 2 is 1.07 bits per heavy atom. The Bertz CT molecular complexity index is 975. The molecule has 2 nitrogen and oxygen atoms in total. The third-order valence-corrected chi connectivity index (χ3v) is 11.7. The van der Waals surface area contributed by atoms with Crippen LogP contribution in [0.1, 0.15) is 43.7 Å². The molecule has 0 radical (unpaired) electrons. The molecule has 3 aromatic rings. The van der Waals surface area contributed by atoms with Crippen molar-refractivity contribution >= 4 is 32.5 Å². The second-order valence-electron chi connectivity index (χ2n) is 7.50. The van der Waals surface area contributed by atoms with Crippen LogP contribution in [-0.4, -0.2) is 25.3 Å². The molecule has 144 valence electrons. The fourth-order valence-electron chi connectivity index (χ4n) is 3.85. The molecular weight excluding hydrogens is 458 g/mol. The van der Waals surface area contributed by atoms with Crippen LogP contribution in [0.25, 0.3) is 0 Å². The Morgan fingerprint density at radius 1 is 0.679 bits per heavy atom. The Kier molecular flexibility index (Phi) is 6.28. The van der Waals surface area contributed by atoms with Gasteiger partial charge < -0.3 is 0 Å². The summed E-state index contributed by atoms with van der Waals surface area (Å²) >= 11 is -2.50. The number of amides is 1. The van der Waals surface area contributed by atoms with Gasteiger partial charge in [0.15, 0.2) is 0 Å². The summed E-state index contributed by atoms with van der Waals surface area (Å²) in [5, 5.41) is 0. The second kappa shape index (κ2) is 8.52. The Hall–Kier alpha value is -2.08. The summed E-state index contributed by atoms with van der Waals surface area (Å²) in [4.78, 5) is 13.1. The Labute approximate surface area is 175 Å². The molecule has 0 unspecified atom stereocenters. The molecule has 0 saturated carbocycles. The molecular formula is C25H27NOTe. The van der Waals surface area contributed by atoms with Gasteiger partial charge in [-0.15, -0.1) is 0 Å². The van der Waals surface area contributed by atoms with Crippen LogP contribution in [0.15, 0.2) is 57.8 Å². The molecule has 0 aliphatic heterocycles. The van der Waals surface area contributed by atoms with Crippen molar-refractivity contribution < 1.29 is 4.79 Å². The summed E-state index contributed by atoms with van der Waals surface area (Å²) in [6.45, 7) is 12.9. The Morgan fingerprint density at radius 3 is 1.46 bits per heavy atom. The van der Waals surface area contributed by atoms with Gasteiger partial charge in [0.1, 0.15) is 0 Å². The van der Waals surface area contributed by atoms with Gasteiger partial charge >= 0.3 is 176 Å². The molecule has 0 saturated heterocycles. The van der Waals surface area contributed by atoms with E-state index in [1.165, 1.54) is 40.6 Å². The molecule has 0 N–H and O–H groups in total. The number of carbonyl (C=O) groups excluding carboxylic acids is 1. The first-order valence-electron chi connectivity index (χ1n) is 9.49. The van der Waals surface area contributed by atoms with Crippen molar-refractivity contribution in [2.75, 3.05) is 0 Å². The first-order chi connectivity index (χ1) is 13.3. The monoisotopic (exact) mass is 487 g/mol. The summed E-state index contributed by atoms with van der Waals surface area (Å²) in [5.74, 6) is -0.101. The van der Waals surface area contributed by atoms with Gasteiger partial charge in [-0.05, 0) is 0 Å². The van der Waals surface area contributed by atoms with Crippen molar-refractivity contribution in [3.63, 3.8) is 0 Å². The van der Waals surface area contributed by atoms with Crippen molar-refractivity contribution in [1.29, 1.82) is 0 Å². The maximum absolute atomic E-state index is 13.1. The molecule has 3 heteroatoms. The number of hydrogen-bond donors (Lipinski definition) is 0. The van der Waals surface area contributed by atoms with E-state index in [4.69, 9.17) is 3.18 Å². The van der Waals surface area contributed by atoms with Crippen molar-refractivity contribution in [1.82, 2.24) is 0 Å². The average Bonchev–Trinajstić information content (AvgIpc) is 2.60.